The Balaban J connectivity index is 1.98. The molecule has 3 heteroatoms. The Kier molecular flexibility index (Phi) is 3.21. The van der Waals surface area contributed by atoms with Crippen LogP contribution >= 0.6 is 0 Å². The normalized spacial score (nSPS) is 26.3. The van der Waals surface area contributed by atoms with Crippen molar-refractivity contribution in [1.82, 2.24) is 0 Å². The SMILES string of the molecule is Cc1ccc(N2CCCC3CCCC32)c(C(=O)O)c1. The lowest BCUT2D eigenvalue weighted by atomic mass is 9.91. The van der Waals surface area contributed by atoms with Gasteiger partial charge < -0.3 is 10.0 Å². The third kappa shape index (κ3) is 2.22. The first kappa shape index (κ1) is 12.5. The highest BCUT2D eigenvalue weighted by Crippen LogP contribution is 2.40. The van der Waals surface area contributed by atoms with Crippen LogP contribution in [0.15, 0.2) is 18.2 Å². The van der Waals surface area contributed by atoms with E-state index in [9.17, 15) is 9.90 Å². The first-order chi connectivity index (χ1) is 9.16. The van der Waals surface area contributed by atoms with Crippen LogP contribution in [0, 0.1) is 12.8 Å². The number of benzene rings is 1. The summed E-state index contributed by atoms with van der Waals surface area (Å²) in [6.45, 7) is 2.95. The molecule has 1 aromatic rings. The topological polar surface area (TPSA) is 40.5 Å². The second-order valence-electron chi connectivity index (χ2n) is 5.92. The van der Waals surface area contributed by atoms with Gasteiger partial charge in [-0.05, 0) is 50.7 Å². The van der Waals surface area contributed by atoms with Crippen LogP contribution in [0.25, 0.3) is 0 Å². The molecule has 0 bridgehead atoms. The molecule has 1 aliphatic heterocycles. The van der Waals surface area contributed by atoms with Crippen molar-refractivity contribution in [1.29, 1.82) is 0 Å². The van der Waals surface area contributed by atoms with Gasteiger partial charge in [0.2, 0.25) is 0 Å². The molecular formula is C16H21NO2. The largest absolute Gasteiger partial charge is 0.478 e. The first-order valence-electron chi connectivity index (χ1n) is 7.27. The van der Waals surface area contributed by atoms with Crippen LogP contribution in [0.2, 0.25) is 0 Å². The van der Waals surface area contributed by atoms with Crippen LogP contribution in [0.1, 0.15) is 48.0 Å². The highest BCUT2D eigenvalue weighted by atomic mass is 16.4. The molecule has 3 nitrogen and oxygen atoms in total. The van der Waals surface area contributed by atoms with Gasteiger partial charge in [0, 0.05) is 12.6 Å². The van der Waals surface area contributed by atoms with Crippen LogP contribution in [0.5, 0.6) is 0 Å². The number of nitrogens with zero attached hydrogens (tertiary/aromatic N) is 1. The molecule has 1 aliphatic carbocycles. The van der Waals surface area contributed by atoms with Gasteiger partial charge in [0.1, 0.15) is 0 Å². The van der Waals surface area contributed by atoms with Gasteiger partial charge in [0.05, 0.1) is 11.3 Å². The summed E-state index contributed by atoms with van der Waals surface area (Å²) in [6, 6.07) is 6.39. The number of aryl methyl sites for hydroxylation is 1. The van der Waals surface area contributed by atoms with Crippen molar-refractivity contribution in [2.45, 2.75) is 45.1 Å². The van der Waals surface area contributed by atoms with Gasteiger partial charge in [-0.2, -0.15) is 0 Å². The molecule has 2 atom stereocenters. The molecule has 2 unspecified atom stereocenters. The number of carbonyl (C=O) groups is 1. The summed E-state index contributed by atoms with van der Waals surface area (Å²) in [6.07, 6.45) is 6.33. The molecule has 1 N–H and O–H groups in total. The number of anilines is 1. The van der Waals surface area contributed by atoms with Gasteiger partial charge in [0.15, 0.2) is 0 Å². The highest BCUT2D eigenvalue weighted by Gasteiger charge is 2.36. The Morgan fingerprint density at radius 1 is 1.26 bits per heavy atom. The quantitative estimate of drug-likeness (QED) is 0.884. The molecule has 0 amide bonds. The first-order valence-corrected chi connectivity index (χ1v) is 7.27. The van der Waals surface area contributed by atoms with Gasteiger partial charge in [0.25, 0.3) is 0 Å². The number of rotatable bonds is 2. The van der Waals surface area contributed by atoms with Gasteiger partial charge in [-0.25, -0.2) is 4.79 Å². The van der Waals surface area contributed by atoms with Crippen molar-refractivity contribution in [3.05, 3.63) is 29.3 Å². The molecule has 19 heavy (non-hydrogen) atoms. The Bertz CT molecular complexity index is 498. The molecule has 0 aromatic heterocycles. The number of piperidine rings is 1. The van der Waals surface area contributed by atoms with E-state index in [1.54, 1.807) is 6.07 Å². The van der Waals surface area contributed by atoms with Crippen molar-refractivity contribution in [2.75, 3.05) is 11.4 Å². The summed E-state index contributed by atoms with van der Waals surface area (Å²) >= 11 is 0. The molecule has 1 saturated carbocycles. The van der Waals surface area contributed by atoms with Gasteiger partial charge in [-0.1, -0.05) is 18.1 Å². The second kappa shape index (κ2) is 4.87. The number of hydrogen-bond donors (Lipinski definition) is 1. The molecular weight excluding hydrogens is 238 g/mol. The van der Waals surface area contributed by atoms with E-state index in [1.165, 1.54) is 32.1 Å². The van der Waals surface area contributed by atoms with Crippen LogP contribution in [0.4, 0.5) is 5.69 Å². The van der Waals surface area contributed by atoms with Gasteiger partial charge in [-0.3, -0.25) is 0 Å². The maximum Gasteiger partial charge on any atom is 0.337 e. The fourth-order valence-electron chi connectivity index (χ4n) is 3.82. The van der Waals surface area contributed by atoms with Crippen molar-refractivity contribution in [3.63, 3.8) is 0 Å². The smallest absolute Gasteiger partial charge is 0.337 e. The van der Waals surface area contributed by atoms with E-state index < -0.39 is 5.97 Å². The zero-order valence-corrected chi connectivity index (χ0v) is 11.4. The maximum absolute atomic E-state index is 11.5. The average Bonchev–Trinajstić information content (AvgIpc) is 2.86. The van der Waals surface area contributed by atoms with E-state index in [4.69, 9.17) is 0 Å². The lowest BCUT2D eigenvalue weighted by Gasteiger charge is -2.40. The van der Waals surface area contributed by atoms with Crippen molar-refractivity contribution in [3.8, 4) is 0 Å². The molecule has 2 fully saturated rings. The lowest BCUT2D eigenvalue weighted by molar-refractivity contribution is 0.0697. The van der Waals surface area contributed by atoms with Crippen LogP contribution in [-0.4, -0.2) is 23.7 Å². The van der Waals surface area contributed by atoms with Crippen molar-refractivity contribution in [2.24, 2.45) is 5.92 Å². The minimum Gasteiger partial charge on any atom is -0.478 e. The minimum atomic E-state index is -0.807. The zero-order valence-electron chi connectivity index (χ0n) is 11.4. The van der Waals surface area contributed by atoms with Crippen molar-refractivity contribution < 1.29 is 9.90 Å². The summed E-state index contributed by atoms with van der Waals surface area (Å²) < 4.78 is 0. The molecule has 1 aromatic carbocycles. The average molecular weight is 259 g/mol. The van der Waals surface area contributed by atoms with E-state index in [-0.39, 0.29) is 0 Å². The van der Waals surface area contributed by atoms with E-state index >= 15 is 0 Å². The number of carboxylic acids is 1. The minimum absolute atomic E-state index is 0.465. The summed E-state index contributed by atoms with van der Waals surface area (Å²) in [5, 5.41) is 9.43. The number of fused-ring (bicyclic) bond motifs is 1. The number of hydrogen-bond acceptors (Lipinski definition) is 2. The van der Waals surface area contributed by atoms with E-state index in [0.29, 0.717) is 11.6 Å². The molecule has 2 aliphatic rings. The predicted molar refractivity (Wildman–Crippen MR) is 75.8 cm³/mol. The molecule has 102 valence electrons. The maximum atomic E-state index is 11.5. The number of carboxylic acid groups (broad SMARTS) is 1. The van der Waals surface area contributed by atoms with Crippen LogP contribution in [-0.2, 0) is 0 Å². The monoisotopic (exact) mass is 259 g/mol. The standard InChI is InChI=1S/C16H21NO2/c1-11-7-8-15(13(10-11)16(18)19)17-9-3-5-12-4-2-6-14(12)17/h7-8,10,12,14H,2-6,9H2,1H3,(H,18,19). The third-order valence-electron chi connectivity index (χ3n) is 4.69. The predicted octanol–water partition coefficient (Wildman–Crippen LogP) is 3.46. The van der Waals surface area contributed by atoms with Gasteiger partial charge >= 0.3 is 5.97 Å². The Morgan fingerprint density at radius 2 is 2.05 bits per heavy atom. The molecule has 0 radical (unpaired) electrons. The molecule has 1 saturated heterocycles. The summed E-state index contributed by atoms with van der Waals surface area (Å²) in [5.41, 5.74) is 2.41. The fraction of sp³-hybridized carbons (Fsp3) is 0.562. The van der Waals surface area contributed by atoms with Crippen molar-refractivity contribution >= 4 is 11.7 Å². The summed E-state index contributed by atoms with van der Waals surface area (Å²) in [5.74, 6) is -0.0319. The van der Waals surface area contributed by atoms with E-state index in [0.717, 1.165) is 23.7 Å². The van der Waals surface area contributed by atoms with Crippen LogP contribution in [0.3, 0.4) is 0 Å². The van der Waals surface area contributed by atoms with Gasteiger partial charge in [-0.15, -0.1) is 0 Å². The van der Waals surface area contributed by atoms with E-state index in [1.807, 2.05) is 19.1 Å². The second-order valence-corrected chi connectivity index (χ2v) is 5.92. The van der Waals surface area contributed by atoms with Crippen LogP contribution < -0.4 is 4.90 Å². The fourth-order valence-corrected chi connectivity index (χ4v) is 3.82. The number of aromatic carboxylic acids is 1. The Hall–Kier alpha value is -1.51. The summed E-state index contributed by atoms with van der Waals surface area (Å²) in [7, 11) is 0. The molecule has 1 heterocycles. The summed E-state index contributed by atoms with van der Waals surface area (Å²) in [4.78, 5) is 13.8. The lowest BCUT2D eigenvalue weighted by Crippen LogP contribution is -2.43. The Morgan fingerprint density at radius 3 is 2.84 bits per heavy atom. The van der Waals surface area contributed by atoms with E-state index in [2.05, 4.69) is 4.90 Å². The zero-order chi connectivity index (χ0) is 13.4. The highest BCUT2D eigenvalue weighted by molar-refractivity contribution is 5.94. The Labute approximate surface area is 114 Å². The molecule has 0 spiro atoms. The third-order valence-corrected chi connectivity index (χ3v) is 4.69. The molecule has 3 rings (SSSR count).